The highest BCUT2D eigenvalue weighted by Crippen LogP contribution is 2.36. The zero-order chi connectivity index (χ0) is 14.9. The summed E-state index contributed by atoms with van der Waals surface area (Å²) in [6.07, 6.45) is 0. The summed E-state index contributed by atoms with van der Waals surface area (Å²) >= 11 is 12.1. The SMILES string of the molecule is COc1cc(Cl)c(C(N)c2ccc([N+](=O)[O-])o2)cc1Cl. The number of rotatable bonds is 4. The van der Waals surface area contributed by atoms with Gasteiger partial charge in [-0.3, -0.25) is 10.1 Å². The average Bonchev–Trinajstić information content (AvgIpc) is 2.90. The summed E-state index contributed by atoms with van der Waals surface area (Å²) in [6.45, 7) is 0. The predicted molar refractivity (Wildman–Crippen MR) is 74.4 cm³/mol. The monoisotopic (exact) mass is 316 g/mol. The molecule has 0 saturated carbocycles. The van der Waals surface area contributed by atoms with E-state index in [2.05, 4.69) is 0 Å². The number of halogens is 2. The van der Waals surface area contributed by atoms with Crippen LogP contribution in [0.5, 0.6) is 5.75 Å². The van der Waals surface area contributed by atoms with Crippen LogP contribution in [0.4, 0.5) is 5.88 Å². The molecule has 0 spiro atoms. The first kappa shape index (κ1) is 14.6. The molecule has 1 unspecified atom stereocenters. The zero-order valence-electron chi connectivity index (χ0n) is 10.3. The fraction of sp³-hybridized carbons (Fsp3) is 0.167. The molecular formula is C12H10Cl2N2O4. The van der Waals surface area contributed by atoms with Crippen molar-refractivity contribution in [2.75, 3.05) is 7.11 Å². The summed E-state index contributed by atoms with van der Waals surface area (Å²) in [6, 6.07) is 4.96. The molecule has 1 aromatic carbocycles. The number of nitrogens with two attached hydrogens (primary N) is 1. The van der Waals surface area contributed by atoms with Crippen LogP contribution in [0.3, 0.4) is 0 Å². The van der Waals surface area contributed by atoms with Crippen molar-refractivity contribution in [3.63, 3.8) is 0 Å². The van der Waals surface area contributed by atoms with Crippen molar-refractivity contribution >= 4 is 29.1 Å². The fourth-order valence-electron chi connectivity index (χ4n) is 1.70. The minimum atomic E-state index is -0.764. The molecule has 8 heteroatoms. The maximum Gasteiger partial charge on any atom is 0.433 e. The Morgan fingerprint density at radius 3 is 2.60 bits per heavy atom. The lowest BCUT2D eigenvalue weighted by molar-refractivity contribution is -0.402. The van der Waals surface area contributed by atoms with Gasteiger partial charge in [-0.1, -0.05) is 23.2 Å². The maximum atomic E-state index is 10.6. The van der Waals surface area contributed by atoms with E-state index in [1.165, 1.54) is 25.3 Å². The second-order valence-corrected chi connectivity index (χ2v) is 4.73. The molecule has 0 amide bonds. The number of methoxy groups -OCH3 is 1. The number of hydrogen-bond donors (Lipinski definition) is 1. The average molecular weight is 317 g/mol. The van der Waals surface area contributed by atoms with Gasteiger partial charge in [-0.05, 0) is 17.7 Å². The molecule has 0 aliphatic rings. The highest BCUT2D eigenvalue weighted by atomic mass is 35.5. The largest absolute Gasteiger partial charge is 0.495 e. The molecule has 2 N–H and O–H groups in total. The van der Waals surface area contributed by atoms with Crippen LogP contribution in [0.15, 0.2) is 28.7 Å². The molecule has 2 rings (SSSR count). The van der Waals surface area contributed by atoms with Crippen molar-refractivity contribution in [1.82, 2.24) is 0 Å². The lowest BCUT2D eigenvalue weighted by Crippen LogP contribution is -2.11. The Morgan fingerprint density at radius 1 is 1.35 bits per heavy atom. The van der Waals surface area contributed by atoms with Gasteiger partial charge in [0.2, 0.25) is 0 Å². The minimum Gasteiger partial charge on any atom is -0.495 e. The third-order valence-electron chi connectivity index (χ3n) is 2.71. The molecule has 106 valence electrons. The summed E-state index contributed by atoms with van der Waals surface area (Å²) in [5.74, 6) is 0.254. The van der Waals surface area contributed by atoms with Crippen molar-refractivity contribution in [3.8, 4) is 5.75 Å². The Bertz CT molecular complexity index is 657. The van der Waals surface area contributed by atoms with Crippen LogP contribution in [0.25, 0.3) is 0 Å². The molecule has 0 radical (unpaired) electrons. The molecule has 1 heterocycles. The Balaban J connectivity index is 2.39. The van der Waals surface area contributed by atoms with Gasteiger partial charge in [-0.2, -0.15) is 0 Å². The van der Waals surface area contributed by atoms with E-state index in [1.807, 2.05) is 0 Å². The minimum absolute atomic E-state index is 0.222. The van der Waals surface area contributed by atoms with Gasteiger partial charge in [0.05, 0.1) is 24.2 Å². The van der Waals surface area contributed by atoms with Gasteiger partial charge in [-0.15, -0.1) is 0 Å². The van der Waals surface area contributed by atoms with Gasteiger partial charge >= 0.3 is 5.88 Å². The number of nitrogens with zero attached hydrogens (tertiary/aromatic N) is 1. The van der Waals surface area contributed by atoms with Crippen LogP contribution in [-0.4, -0.2) is 12.0 Å². The highest BCUT2D eigenvalue weighted by Gasteiger charge is 2.21. The van der Waals surface area contributed by atoms with Crippen molar-refractivity contribution in [2.24, 2.45) is 5.73 Å². The molecule has 1 aromatic heterocycles. The lowest BCUT2D eigenvalue weighted by atomic mass is 10.1. The Labute approximate surface area is 124 Å². The smallest absolute Gasteiger partial charge is 0.433 e. The Hall–Kier alpha value is -1.76. The van der Waals surface area contributed by atoms with Crippen LogP contribution in [-0.2, 0) is 0 Å². The third kappa shape index (κ3) is 2.72. The summed E-state index contributed by atoms with van der Waals surface area (Å²) in [7, 11) is 1.47. The number of hydrogen-bond acceptors (Lipinski definition) is 5. The molecule has 6 nitrogen and oxygen atoms in total. The normalized spacial score (nSPS) is 12.2. The first-order valence-corrected chi connectivity index (χ1v) is 6.22. The van der Waals surface area contributed by atoms with E-state index in [1.54, 1.807) is 6.07 Å². The van der Waals surface area contributed by atoms with Crippen LogP contribution in [0.1, 0.15) is 17.4 Å². The molecule has 0 saturated heterocycles. The molecule has 2 aromatic rings. The van der Waals surface area contributed by atoms with E-state index in [0.717, 1.165) is 0 Å². The van der Waals surface area contributed by atoms with E-state index < -0.39 is 11.0 Å². The van der Waals surface area contributed by atoms with E-state index in [0.29, 0.717) is 21.4 Å². The zero-order valence-corrected chi connectivity index (χ0v) is 11.8. The van der Waals surface area contributed by atoms with E-state index in [4.69, 9.17) is 38.1 Å². The van der Waals surface area contributed by atoms with Gasteiger partial charge in [-0.25, -0.2) is 0 Å². The molecule has 0 bridgehead atoms. The molecule has 1 atom stereocenters. The third-order valence-corrected chi connectivity index (χ3v) is 3.33. The number of ether oxygens (including phenoxy) is 1. The first-order valence-electron chi connectivity index (χ1n) is 5.46. The van der Waals surface area contributed by atoms with Gasteiger partial charge < -0.3 is 14.9 Å². The molecule has 0 aliphatic carbocycles. The number of furan rings is 1. The van der Waals surface area contributed by atoms with Crippen LogP contribution in [0, 0.1) is 10.1 Å². The van der Waals surface area contributed by atoms with Crippen molar-refractivity contribution in [1.29, 1.82) is 0 Å². The van der Waals surface area contributed by atoms with Crippen LogP contribution in [0.2, 0.25) is 10.0 Å². The summed E-state index contributed by atoms with van der Waals surface area (Å²) in [5.41, 5.74) is 6.48. The number of benzene rings is 1. The topological polar surface area (TPSA) is 91.5 Å². The van der Waals surface area contributed by atoms with E-state index in [-0.39, 0.29) is 11.6 Å². The molecular weight excluding hydrogens is 307 g/mol. The molecule has 20 heavy (non-hydrogen) atoms. The molecule has 0 aliphatic heterocycles. The van der Waals surface area contributed by atoms with Crippen molar-refractivity contribution < 1.29 is 14.1 Å². The maximum absolute atomic E-state index is 10.6. The highest BCUT2D eigenvalue weighted by molar-refractivity contribution is 6.34. The van der Waals surface area contributed by atoms with Crippen molar-refractivity contribution in [2.45, 2.75) is 6.04 Å². The second-order valence-electron chi connectivity index (χ2n) is 3.92. The quantitative estimate of drug-likeness (QED) is 0.687. The summed E-state index contributed by atoms with van der Waals surface area (Å²) < 4.78 is 10.1. The van der Waals surface area contributed by atoms with E-state index in [9.17, 15) is 10.1 Å². The second kappa shape index (κ2) is 5.70. The fourth-order valence-corrected chi connectivity index (χ4v) is 2.22. The first-order chi connectivity index (χ1) is 9.43. The van der Waals surface area contributed by atoms with Crippen LogP contribution >= 0.6 is 23.2 Å². The summed E-state index contributed by atoms with van der Waals surface area (Å²) in [4.78, 5) is 9.95. The standard InChI is InChI=1S/C12H10Cl2N2O4/c1-19-10-5-7(13)6(4-8(10)14)12(15)9-2-3-11(20-9)16(17)18/h2-5,12H,15H2,1H3. The lowest BCUT2D eigenvalue weighted by Gasteiger charge is -2.13. The van der Waals surface area contributed by atoms with Crippen LogP contribution < -0.4 is 10.5 Å². The van der Waals surface area contributed by atoms with Gasteiger partial charge in [0.1, 0.15) is 16.4 Å². The Kier molecular flexibility index (Phi) is 4.17. The Morgan fingerprint density at radius 2 is 2.05 bits per heavy atom. The van der Waals surface area contributed by atoms with Gasteiger partial charge in [0.25, 0.3) is 0 Å². The van der Waals surface area contributed by atoms with Gasteiger partial charge in [0.15, 0.2) is 0 Å². The van der Waals surface area contributed by atoms with Crippen molar-refractivity contribution in [3.05, 3.63) is 55.7 Å². The van der Waals surface area contributed by atoms with E-state index >= 15 is 0 Å². The van der Waals surface area contributed by atoms with Gasteiger partial charge in [0, 0.05) is 11.1 Å². The molecule has 0 fully saturated rings. The summed E-state index contributed by atoms with van der Waals surface area (Å²) in [5, 5.41) is 11.3. The predicted octanol–water partition coefficient (Wildman–Crippen LogP) is 3.55. The number of nitro groups is 1.